The van der Waals surface area contributed by atoms with Gasteiger partial charge in [0.1, 0.15) is 5.82 Å². The summed E-state index contributed by atoms with van der Waals surface area (Å²) in [6.45, 7) is 0.0930. The summed E-state index contributed by atoms with van der Waals surface area (Å²) >= 11 is 0. The van der Waals surface area contributed by atoms with Crippen LogP contribution < -0.4 is 0 Å². The van der Waals surface area contributed by atoms with Crippen LogP contribution in [0.3, 0.4) is 0 Å². The van der Waals surface area contributed by atoms with E-state index in [0.717, 1.165) is 22.5 Å². The largest absolute Gasteiger partial charge is 0.416 e. The van der Waals surface area contributed by atoms with Crippen molar-refractivity contribution in [3.63, 3.8) is 0 Å². The van der Waals surface area contributed by atoms with Crippen LogP contribution in [0.4, 0.5) is 17.6 Å². The van der Waals surface area contributed by atoms with Gasteiger partial charge in [-0.3, -0.25) is 0 Å². The van der Waals surface area contributed by atoms with Gasteiger partial charge in [0.25, 0.3) is 0 Å². The molecule has 0 radical (unpaired) electrons. The van der Waals surface area contributed by atoms with E-state index in [1.807, 2.05) is 0 Å². The van der Waals surface area contributed by atoms with Crippen LogP contribution in [0.15, 0.2) is 53.4 Å². The second-order valence-corrected chi connectivity index (χ2v) is 7.71. The minimum Gasteiger partial charge on any atom is -0.207 e. The van der Waals surface area contributed by atoms with Gasteiger partial charge in [-0.25, -0.2) is 12.8 Å². The number of alkyl halides is 3. The molecule has 1 unspecified atom stereocenters. The second kappa shape index (κ2) is 6.42. The van der Waals surface area contributed by atoms with Gasteiger partial charge >= 0.3 is 6.18 Å². The van der Waals surface area contributed by atoms with Gasteiger partial charge in [-0.15, -0.1) is 0 Å². The average Bonchev–Trinajstić information content (AvgIpc) is 3.04. The minimum absolute atomic E-state index is 0.0764. The summed E-state index contributed by atoms with van der Waals surface area (Å²) in [4.78, 5) is -0.260. The van der Waals surface area contributed by atoms with E-state index in [9.17, 15) is 26.0 Å². The molecule has 1 saturated heterocycles. The van der Waals surface area contributed by atoms with E-state index < -0.39 is 33.6 Å². The molecule has 8 heteroatoms. The fourth-order valence-electron chi connectivity index (χ4n) is 3.15. The maximum Gasteiger partial charge on any atom is 0.416 e. The van der Waals surface area contributed by atoms with E-state index in [0.29, 0.717) is 6.42 Å². The van der Waals surface area contributed by atoms with E-state index in [1.54, 1.807) is 0 Å². The predicted molar refractivity (Wildman–Crippen MR) is 83.7 cm³/mol. The van der Waals surface area contributed by atoms with Gasteiger partial charge in [-0.05, 0) is 42.7 Å². The Balaban J connectivity index is 2.05. The summed E-state index contributed by atoms with van der Waals surface area (Å²) in [5.74, 6) is -0.715. The van der Waals surface area contributed by atoms with Crippen molar-refractivity contribution >= 4 is 10.0 Å². The van der Waals surface area contributed by atoms with Crippen molar-refractivity contribution in [3.05, 3.63) is 65.5 Å². The Labute approximate surface area is 142 Å². The number of benzene rings is 2. The van der Waals surface area contributed by atoms with Crippen molar-refractivity contribution in [3.8, 4) is 0 Å². The molecular weight excluding hydrogens is 358 g/mol. The third-order valence-corrected chi connectivity index (χ3v) is 6.14. The highest BCUT2D eigenvalue weighted by Gasteiger charge is 2.41. The summed E-state index contributed by atoms with van der Waals surface area (Å²) in [5.41, 5.74) is -0.922. The number of hydrogen-bond donors (Lipinski definition) is 0. The van der Waals surface area contributed by atoms with Gasteiger partial charge in [0, 0.05) is 6.54 Å². The van der Waals surface area contributed by atoms with Crippen LogP contribution in [-0.2, 0) is 16.2 Å². The molecule has 1 atom stereocenters. The molecule has 0 spiro atoms. The Bertz CT molecular complexity index is 880. The topological polar surface area (TPSA) is 37.4 Å². The van der Waals surface area contributed by atoms with E-state index >= 15 is 0 Å². The molecule has 1 aliphatic heterocycles. The predicted octanol–water partition coefficient (Wildman–Crippen LogP) is 4.37. The highest BCUT2D eigenvalue weighted by molar-refractivity contribution is 7.89. The van der Waals surface area contributed by atoms with E-state index in [1.165, 1.54) is 30.3 Å². The zero-order valence-electron chi connectivity index (χ0n) is 13.0. The summed E-state index contributed by atoms with van der Waals surface area (Å²) in [5, 5.41) is 0. The molecule has 1 fully saturated rings. The van der Waals surface area contributed by atoms with Crippen LogP contribution in [0.25, 0.3) is 0 Å². The monoisotopic (exact) mass is 373 g/mol. The zero-order chi connectivity index (χ0) is 18.2. The highest BCUT2D eigenvalue weighted by Crippen LogP contribution is 2.42. The van der Waals surface area contributed by atoms with Gasteiger partial charge < -0.3 is 0 Å². The van der Waals surface area contributed by atoms with Gasteiger partial charge in [-0.2, -0.15) is 17.5 Å². The molecule has 3 nitrogen and oxygen atoms in total. The lowest BCUT2D eigenvalue weighted by molar-refractivity contribution is -0.138. The quantitative estimate of drug-likeness (QED) is 0.750. The molecule has 2 aromatic carbocycles. The Hall–Kier alpha value is -1.93. The summed E-state index contributed by atoms with van der Waals surface area (Å²) in [6, 6.07) is 8.53. The van der Waals surface area contributed by atoms with Crippen LogP contribution in [-0.4, -0.2) is 19.3 Å². The van der Waals surface area contributed by atoms with Crippen LogP contribution in [0.5, 0.6) is 0 Å². The third kappa shape index (κ3) is 3.41. The molecule has 0 bridgehead atoms. The standard InChI is InChI=1S/C17H15F4NO2S/c18-12-5-3-6-13(11-12)25(23,24)22-10-4-9-16(22)14-7-1-2-8-15(14)17(19,20)21/h1-3,5-8,11,16H,4,9-10H2. The van der Waals surface area contributed by atoms with Crippen molar-refractivity contribution in [1.82, 2.24) is 4.31 Å². The van der Waals surface area contributed by atoms with Crippen LogP contribution in [0.1, 0.15) is 30.0 Å². The van der Waals surface area contributed by atoms with Gasteiger partial charge in [0.15, 0.2) is 0 Å². The minimum atomic E-state index is -4.58. The van der Waals surface area contributed by atoms with Gasteiger partial charge in [0.2, 0.25) is 10.0 Å². The van der Waals surface area contributed by atoms with E-state index in [4.69, 9.17) is 0 Å². The number of nitrogens with zero attached hydrogens (tertiary/aromatic N) is 1. The van der Waals surface area contributed by atoms with E-state index in [-0.39, 0.29) is 23.4 Å². The molecular formula is C17H15F4NO2S. The van der Waals surface area contributed by atoms with Crippen LogP contribution in [0, 0.1) is 5.82 Å². The number of hydrogen-bond acceptors (Lipinski definition) is 2. The molecule has 0 N–H and O–H groups in total. The van der Waals surface area contributed by atoms with Crippen LogP contribution in [0.2, 0.25) is 0 Å². The molecule has 0 aromatic heterocycles. The molecule has 0 aliphatic carbocycles. The fraction of sp³-hybridized carbons (Fsp3) is 0.294. The van der Waals surface area contributed by atoms with Crippen molar-refractivity contribution in [2.45, 2.75) is 30.0 Å². The van der Waals surface area contributed by atoms with Crippen molar-refractivity contribution in [2.24, 2.45) is 0 Å². The number of sulfonamides is 1. The van der Waals surface area contributed by atoms with Crippen LogP contribution >= 0.6 is 0 Å². The van der Waals surface area contributed by atoms with Crippen molar-refractivity contribution in [1.29, 1.82) is 0 Å². The first kappa shape index (κ1) is 17.9. The zero-order valence-corrected chi connectivity index (χ0v) is 13.8. The Morgan fingerprint density at radius 3 is 2.44 bits per heavy atom. The Morgan fingerprint density at radius 2 is 1.76 bits per heavy atom. The summed E-state index contributed by atoms with van der Waals surface area (Å²) in [7, 11) is -4.09. The molecule has 134 valence electrons. The lowest BCUT2D eigenvalue weighted by Gasteiger charge is -2.26. The maximum absolute atomic E-state index is 13.4. The molecule has 1 aliphatic rings. The SMILES string of the molecule is O=S(=O)(c1cccc(F)c1)N1CCCC1c1ccccc1C(F)(F)F. The number of halogens is 4. The fourth-order valence-corrected chi connectivity index (χ4v) is 4.85. The van der Waals surface area contributed by atoms with Crippen molar-refractivity contribution in [2.75, 3.05) is 6.54 Å². The first-order valence-electron chi connectivity index (χ1n) is 7.65. The van der Waals surface area contributed by atoms with E-state index in [2.05, 4.69) is 0 Å². The van der Waals surface area contributed by atoms with Gasteiger partial charge in [0.05, 0.1) is 16.5 Å². The first-order chi connectivity index (χ1) is 11.7. The molecule has 2 aromatic rings. The lowest BCUT2D eigenvalue weighted by Crippen LogP contribution is -2.31. The highest BCUT2D eigenvalue weighted by atomic mass is 32.2. The molecule has 25 heavy (non-hydrogen) atoms. The smallest absolute Gasteiger partial charge is 0.207 e. The Kier molecular flexibility index (Phi) is 4.59. The molecule has 1 heterocycles. The molecule has 0 amide bonds. The maximum atomic E-state index is 13.4. The molecule has 0 saturated carbocycles. The summed E-state index contributed by atoms with van der Waals surface area (Å²) < 4.78 is 79.9. The third-order valence-electron chi connectivity index (χ3n) is 4.23. The lowest BCUT2D eigenvalue weighted by atomic mass is 9.99. The van der Waals surface area contributed by atoms with Gasteiger partial charge in [-0.1, -0.05) is 24.3 Å². The van der Waals surface area contributed by atoms with Crippen molar-refractivity contribution < 1.29 is 26.0 Å². The second-order valence-electron chi connectivity index (χ2n) is 5.82. The average molecular weight is 373 g/mol. The molecule has 3 rings (SSSR count). The first-order valence-corrected chi connectivity index (χ1v) is 9.09. The number of rotatable bonds is 3. The summed E-state index contributed by atoms with van der Waals surface area (Å²) in [6.07, 6.45) is -3.86. The normalized spacial score (nSPS) is 19.3. The Morgan fingerprint density at radius 1 is 1.04 bits per heavy atom.